The van der Waals surface area contributed by atoms with Crippen LogP contribution in [0.5, 0.6) is 5.75 Å². The van der Waals surface area contributed by atoms with Crippen LogP contribution in [-0.2, 0) is 20.0 Å². The Hall–Kier alpha value is -3.89. The molecule has 4 aromatic rings. The van der Waals surface area contributed by atoms with Crippen molar-refractivity contribution in [2.45, 2.75) is 19.3 Å². The standard InChI is InChI=1S/C20H16F3N5O3/c1-27-17-16(18(29)26-19(27)30)28(11-13-6-2-3-8-24-13)15(25-17)10-12-5-4-7-14(9-12)31-20(21,22)23/h2-9H,10-11H2,1H3,(H,26,29,30)/p+1. The van der Waals surface area contributed by atoms with E-state index in [9.17, 15) is 22.8 Å². The molecule has 31 heavy (non-hydrogen) atoms. The van der Waals surface area contributed by atoms with Gasteiger partial charge in [-0.1, -0.05) is 18.2 Å². The molecule has 4 rings (SSSR count). The molecule has 0 aliphatic heterocycles. The van der Waals surface area contributed by atoms with Crippen molar-refractivity contribution in [2.24, 2.45) is 7.05 Å². The monoisotopic (exact) mass is 432 g/mol. The van der Waals surface area contributed by atoms with E-state index in [2.05, 4.69) is 19.7 Å². The molecule has 3 aromatic heterocycles. The summed E-state index contributed by atoms with van der Waals surface area (Å²) >= 11 is 0. The third kappa shape index (κ3) is 4.34. The fraction of sp³-hybridized carbons (Fsp3) is 0.200. The number of nitrogens with zero attached hydrogens (tertiary/aromatic N) is 3. The lowest BCUT2D eigenvalue weighted by Gasteiger charge is -2.09. The molecule has 0 atom stereocenters. The number of imidazole rings is 1. The molecule has 2 N–H and O–H groups in total. The van der Waals surface area contributed by atoms with Crippen LogP contribution < -0.4 is 20.6 Å². The lowest BCUT2D eigenvalue weighted by molar-refractivity contribution is -0.670. The molecular weight excluding hydrogens is 415 g/mol. The van der Waals surface area contributed by atoms with Crippen molar-refractivity contribution >= 4 is 11.2 Å². The maximum absolute atomic E-state index is 12.6. The van der Waals surface area contributed by atoms with Crippen molar-refractivity contribution in [1.82, 2.24) is 19.5 Å². The number of fused-ring (bicyclic) bond motifs is 1. The van der Waals surface area contributed by atoms with Gasteiger partial charge in [0.2, 0.25) is 0 Å². The quantitative estimate of drug-likeness (QED) is 0.470. The summed E-state index contributed by atoms with van der Waals surface area (Å²) in [6.07, 6.45) is -3.03. The highest BCUT2D eigenvalue weighted by atomic mass is 19.4. The average molecular weight is 432 g/mol. The second-order valence-electron chi connectivity index (χ2n) is 6.87. The van der Waals surface area contributed by atoms with Crippen LogP contribution >= 0.6 is 0 Å². The smallest absolute Gasteiger partial charge is 0.406 e. The normalized spacial score (nSPS) is 11.7. The molecule has 160 valence electrons. The number of hydrogen-bond acceptors (Lipinski definition) is 4. The Morgan fingerprint density at radius 1 is 1.13 bits per heavy atom. The first kappa shape index (κ1) is 20.4. The average Bonchev–Trinajstić information content (AvgIpc) is 3.04. The number of aromatic nitrogens is 5. The van der Waals surface area contributed by atoms with E-state index in [0.29, 0.717) is 22.7 Å². The van der Waals surface area contributed by atoms with Crippen LogP contribution in [0, 0.1) is 0 Å². The van der Waals surface area contributed by atoms with Gasteiger partial charge in [0.25, 0.3) is 17.0 Å². The Morgan fingerprint density at radius 3 is 2.65 bits per heavy atom. The fourth-order valence-corrected chi connectivity index (χ4v) is 3.35. The van der Waals surface area contributed by atoms with Gasteiger partial charge in [0.05, 0.1) is 12.1 Å². The molecule has 0 saturated heterocycles. The Balaban J connectivity index is 1.82. The summed E-state index contributed by atoms with van der Waals surface area (Å²) in [4.78, 5) is 34.2. The molecule has 0 spiro atoms. The molecule has 0 saturated carbocycles. The van der Waals surface area contributed by atoms with Gasteiger partial charge in [-0.25, -0.2) is 14.3 Å². The largest absolute Gasteiger partial charge is 0.573 e. The SMILES string of the molecule is Cn1c(=O)[nH]c(=O)c2c1[nH]c(Cc1cccc(OC(F)(F)F)c1)[n+]2Cc1ccccn1. The predicted octanol–water partition coefficient (Wildman–Crippen LogP) is 1.78. The highest BCUT2D eigenvalue weighted by molar-refractivity contribution is 5.65. The summed E-state index contributed by atoms with van der Waals surface area (Å²) in [6, 6.07) is 10.9. The van der Waals surface area contributed by atoms with Gasteiger partial charge in [-0.3, -0.25) is 19.3 Å². The zero-order valence-corrected chi connectivity index (χ0v) is 16.2. The van der Waals surface area contributed by atoms with E-state index < -0.39 is 17.6 Å². The van der Waals surface area contributed by atoms with Gasteiger partial charge in [0, 0.05) is 13.2 Å². The first-order valence-electron chi connectivity index (χ1n) is 9.19. The molecule has 0 amide bonds. The molecule has 0 aliphatic carbocycles. The Kier molecular flexibility index (Phi) is 5.09. The van der Waals surface area contributed by atoms with Gasteiger partial charge in [-0.2, -0.15) is 0 Å². The number of pyridine rings is 1. The zero-order chi connectivity index (χ0) is 22.2. The van der Waals surface area contributed by atoms with Crippen LogP contribution in [0.25, 0.3) is 11.2 Å². The van der Waals surface area contributed by atoms with Crippen LogP contribution in [0.15, 0.2) is 58.3 Å². The minimum Gasteiger partial charge on any atom is -0.406 e. The number of halogens is 3. The third-order valence-electron chi connectivity index (χ3n) is 4.71. The summed E-state index contributed by atoms with van der Waals surface area (Å²) in [5.74, 6) is 0.166. The second-order valence-corrected chi connectivity index (χ2v) is 6.87. The van der Waals surface area contributed by atoms with E-state index in [1.54, 1.807) is 35.0 Å². The molecule has 0 unspecified atom stereocenters. The molecule has 1 aromatic carbocycles. The van der Waals surface area contributed by atoms with E-state index in [1.807, 2.05) is 0 Å². The van der Waals surface area contributed by atoms with Crippen LogP contribution in [0.2, 0.25) is 0 Å². The Bertz CT molecular complexity index is 1360. The van der Waals surface area contributed by atoms with E-state index in [4.69, 9.17) is 0 Å². The Morgan fingerprint density at radius 2 is 1.94 bits per heavy atom. The summed E-state index contributed by atoms with van der Waals surface area (Å²) in [5, 5.41) is 0. The van der Waals surface area contributed by atoms with Crippen molar-refractivity contribution in [3.8, 4) is 5.75 Å². The van der Waals surface area contributed by atoms with Crippen molar-refractivity contribution in [1.29, 1.82) is 0 Å². The van der Waals surface area contributed by atoms with Crippen molar-refractivity contribution < 1.29 is 22.5 Å². The first-order chi connectivity index (χ1) is 14.7. The van der Waals surface area contributed by atoms with Crippen LogP contribution in [0.4, 0.5) is 13.2 Å². The highest BCUT2D eigenvalue weighted by Crippen LogP contribution is 2.24. The van der Waals surface area contributed by atoms with Crippen molar-refractivity contribution in [3.63, 3.8) is 0 Å². The van der Waals surface area contributed by atoms with E-state index in [1.165, 1.54) is 29.8 Å². The van der Waals surface area contributed by atoms with E-state index in [0.717, 1.165) is 0 Å². The zero-order valence-electron chi connectivity index (χ0n) is 16.2. The molecule has 0 aliphatic rings. The lowest BCUT2D eigenvalue weighted by atomic mass is 10.1. The number of hydrogen-bond donors (Lipinski definition) is 2. The van der Waals surface area contributed by atoms with Gasteiger partial charge < -0.3 is 4.74 Å². The highest BCUT2D eigenvalue weighted by Gasteiger charge is 2.31. The molecule has 11 heteroatoms. The number of nitrogens with one attached hydrogen (secondary N) is 2. The van der Waals surface area contributed by atoms with E-state index in [-0.39, 0.29) is 24.2 Å². The summed E-state index contributed by atoms with van der Waals surface area (Å²) in [7, 11) is 1.50. The number of benzene rings is 1. The van der Waals surface area contributed by atoms with Crippen molar-refractivity contribution in [3.05, 3.63) is 86.6 Å². The molecule has 0 fully saturated rings. The van der Waals surface area contributed by atoms with Gasteiger partial charge in [0.1, 0.15) is 12.3 Å². The van der Waals surface area contributed by atoms with Gasteiger partial charge in [-0.05, 0) is 29.8 Å². The third-order valence-corrected chi connectivity index (χ3v) is 4.71. The second kappa shape index (κ2) is 7.74. The van der Waals surface area contributed by atoms with Crippen LogP contribution in [0.3, 0.4) is 0 Å². The number of H-pyrrole nitrogens is 2. The lowest BCUT2D eigenvalue weighted by Crippen LogP contribution is -2.43. The predicted molar refractivity (Wildman–Crippen MR) is 104 cm³/mol. The molecular formula is C20H17F3N5O3+. The maximum Gasteiger partial charge on any atom is 0.573 e. The topological polar surface area (TPSA) is 96.7 Å². The number of aromatic amines is 2. The first-order valence-corrected chi connectivity index (χ1v) is 9.19. The van der Waals surface area contributed by atoms with Gasteiger partial charge in [0.15, 0.2) is 0 Å². The molecule has 0 bridgehead atoms. The summed E-state index contributed by atoms with van der Waals surface area (Å²) in [5.41, 5.74) is 0.538. The van der Waals surface area contributed by atoms with Crippen LogP contribution in [0.1, 0.15) is 17.1 Å². The number of rotatable bonds is 5. The minimum atomic E-state index is -4.80. The minimum absolute atomic E-state index is 0.157. The fourth-order valence-electron chi connectivity index (χ4n) is 3.35. The molecule has 8 nitrogen and oxygen atoms in total. The maximum atomic E-state index is 12.6. The number of alkyl halides is 3. The number of ether oxygens (including phenoxy) is 1. The molecule has 3 heterocycles. The van der Waals surface area contributed by atoms with E-state index >= 15 is 0 Å². The van der Waals surface area contributed by atoms with Crippen molar-refractivity contribution in [2.75, 3.05) is 0 Å². The molecule has 0 radical (unpaired) electrons. The van der Waals surface area contributed by atoms with Gasteiger partial charge >= 0.3 is 17.6 Å². The summed E-state index contributed by atoms with van der Waals surface area (Å²) < 4.78 is 44.6. The summed E-state index contributed by atoms with van der Waals surface area (Å²) in [6.45, 7) is 0.218. The number of aryl methyl sites for hydroxylation is 1. The van der Waals surface area contributed by atoms with Crippen LogP contribution in [-0.4, -0.2) is 25.9 Å². The van der Waals surface area contributed by atoms with Gasteiger partial charge in [-0.15, -0.1) is 13.2 Å². The Labute approximate surface area is 172 Å².